The smallest absolute Gasteiger partial charge is 0.270 e. The van der Waals surface area contributed by atoms with Crippen LogP contribution in [0.1, 0.15) is 17.4 Å². The Morgan fingerprint density at radius 2 is 1.73 bits per heavy atom. The predicted octanol–water partition coefficient (Wildman–Crippen LogP) is 1.84. The molecule has 2 aromatic heterocycles. The van der Waals surface area contributed by atoms with E-state index < -0.39 is 11.9 Å². The molecule has 2 N–H and O–H groups in total. The molecule has 2 heterocycles. The molecule has 0 saturated heterocycles. The Labute approximate surface area is 191 Å². The third kappa shape index (κ3) is 5.56. The van der Waals surface area contributed by atoms with Crippen LogP contribution in [-0.4, -0.2) is 70.8 Å². The fourth-order valence-electron chi connectivity index (χ4n) is 3.09. The molecule has 11 heteroatoms. The molecule has 33 heavy (non-hydrogen) atoms. The number of aromatic nitrogens is 4. The number of hydrogen-bond acceptors (Lipinski definition) is 8. The van der Waals surface area contributed by atoms with E-state index in [0.717, 1.165) is 0 Å². The van der Waals surface area contributed by atoms with Crippen molar-refractivity contribution >= 4 is 23.5 Å². The van der Waals surface area contributed by atoms with Crippen molar-refractivity contribution in [3.63, 3.8) is 0 Å². The molecule has 11 nitrogen and oxygen atoms in total. The number of ether oxygens (including phenoxy) is 2. The number of rotatable bonds is 8. The first-order valence-corrected chi connectivity index (χ1v) is 10.1. The van der Waals surface area contributed by atoms with Crippen molar-refractivity contribution in [1.82, 2.24) is 30.0 Å². The third-order valence-corrected chi connectivity index (χ3v) is 4.80. The summed E-state index contributed by atoms with van der Waals surface area (Å²) in [7, 11) is 8.06. The lowest BCUT2D eigenvalue weighted by Gasteiger charge is -2.17. The number of aryl methyl sites for hydroxylation is 1. The van der Waals surface area contributed by atoms with E-state index in [0.29, 0.717) is 40.2 Å². The first-order chi connectivity index (χ1) is 15.7. The maximum absolute atomic E-state index is 12.7. The van der Waals surface area contributed by atoms with Gasteiger partial charge in [-0.25, -0.2) is 9.97 Å². The Bertz CT molecular complexity index is 1140. The van der Waals surface area contributed by atoms with Gasteiger partial charge in [-0.15, -0.1) is 0 Å². The van der Waals surface area contributed by atoms with Crippen LogP contribution in [0, 0.1) is 0 Å². The van der Waals surface area contributed by atoms with Gasteiger partial charge in [-0.2, -0.15) is 5.10 Å². The van der Waals surface area contributed by atoms with Crippen LogP contribution in [0.15, 0.2) is 36.5 Å². The van der Waals surface area contributed by atoms with Crippen molar-refractivity contribution in [2.24, 2.45) is 7.05 Å². The molecule has 0 spiro atoms. The minimum Gasteiger partial charge on any atom is -0.497 e. The summed E-state index contributed by atoms with van der Waals surface area (Å²) < 4.78 is 12.0. The Balaban J connectivity index is 1.81. The van der Waals surface area contributed by atoms with E-state index in [1.165, 1.54) is 9.58 Å². The van der Waals surface area contributed by atoms with E-state index in [-0.39, 0.29) is 5.91 Å². The first-order valence-electron chi connectivity index (χ1n) is 10.1. The van der Waals surface area contributed by atoms with Gasteiger partial charge in [0.15, 0.2) is 0 Å². The number of likely N-dealkylation sites (N-methyl/N-ethyl adjacent to an activating group) is 1. The number of carbonyl (C=O) groups excluding carboxylic acids is 2. The molecule has 0 aliphatic heterocycles. The molecule has 0 radical (unpaired) electrons. The molecule has 2 amide bonds. The zero-order valence-electron chi connectivity index (χ0n) is 19.4. The van der Waals surface area contributed by atoms with Crippen LogP contribution in [0.25, 0.3) is 11.4 Å². The van der Waals surface area contributed by atoms with E-state index in [2.05, 4.69) is 25.7 Å². The van der Waals surface area contributed by atoms with Crippen molar-refractivity contribution in [3.8, 4) is 22.9 Å². The highest BCUT2D eigenvalue weighted by Crippen LogP contribution is 2.27. The Morgan fingerprint density at radius 1 is 1.06 bits per heavy atom. The van der Waals surface area contributed by atoms with Gasteiger partial charge in [0.1, 0.15) is 28.9 Å². The van der Waals surface area contributed by atoms with Crippen molar-refractivity contribution in [3.05, 3.63) is 42.2 Å². The van der Waals surface area contributed by atoms with Crippen LogP contribution in [-0.2, 0) is 11.8 Å². The van der Waals surface area contributed by atoms with Gasteiger partial charge in [-0.1, -0.05) is 0 Å². The average Bonchev–Trinajstić information content (AvgIpc) is 3.20. The fraction of sp³-hybridized carbons (Fsp3) is 0.318. The van der Waals surface area contributed by atoms with Crippen LogP contribution in [0.5, 0.6) is 11.5 Å². The number of carbonyl (C=O) groups is 2. The maximum atomic E-state index is 12.7. The Kier molecular flexibility index (Phi) is 7.11. The van der Waals surface area contributed by atoms with Crippen molar-refractivity contribution < 1.29 is 19.1 Å². The van der Waals surface area contributed by atoms with Crippen LogP contribution in [0.4, 0.5) is 11.6 Å². The average molecular weight is 454 g/mol. The second kappa shape index (κ2) is 9.98. The van der Waals surface area contributed by atoms with Gasteiger partial charge >= 0.3 is 0 Å². The highest BCUT2D eigenvalue weighted by molar-refractivity contribution is 5.96. The highest BCUT2D eigenvalue weighted by Gasteiger charge is 2.21. The van der Waals surface area contributed by atoms with Crippen molar-refractivity contribution in [1.29, 1.82) is 0 Å². The molecular weight excluding hydrogens is 426 g/mol. The zero-order valence-corrected chi connectivity index (χ0v) is 19.4. The molecule has 1 aromatic carbocycles. The van der Waals surface area contributed by atoms with Gasteiger partial charge in [0, 0.05) is 51.2 Å². The lowest BCUT2D eigenvalue weighted by molar-refractivity contribution is -0.130. The molecule has 0 fully saturated rings. The van der Waals surface area contributed by atoms with E-state index >= 15 is 0 Å². The number of hydrogen-bond donors (Lipinski definition) is 2. The predicted molar refractivity (Wildman–Crippen MR) is 123 cm³/mol. The number of anilines is 2. The Hall–Kier alpha value is -4.15. The van der Waals surface area contributed by atoms with Crippen LogP contribution < -0.4 is 20.1 Å². The van der Waals surface area contributed by atoms with Crippen molar-refractivity contribution in [2.45, 2.75) is 13.0 Å². The minimum atomic E-state index is -0.666. The standard InChI is InChI=1S/C22H27N7O4/c1-13(21(31)28(2)3)24-20(30)19-12-18(27-29(19)4)17-7-8-23-22(26-17)25-14-9-15(32-5)11-16(10-14)33-6/h7-13H,1-6H3,(H,24,30)(H,23,25,26). The van der Waals surface area contributed by atoms with E-state index in [9.17, 15) is 9.59 Å². The number of benzene rings is 1. The molecule has 0 aliphatic rings. The molecule has 1 atom stereocenters. The summed E-state index contributed by atoms with van der Waals surface area (Å²) >= 11 is 0. The highest BCUT2D eigenvalue weighted by atomic mass is 16.5. The van der Waals surface area contributed by atoms with Crippen molar-refractivity contribution in [2.75, 3.05) is 33.6 Å². The number of nitrogens with one attached hydrogen (secondary N) is 2. The number of methoxy groups -OCH3 is 2. The maximum Gasteiger partial charge on any atom is 0.270 e. The molecule has 3 rings (SSSR count). The fourth-order valence-corrected chi connectivity index (χ4v) is 3.09. The van der Waals surface area contributed by atoms with Crippen LogP contribution in [0.3, 0.4) is 0 Å². The molecule has 3 aromatic rings. The summed E-state index contributed by atoms with van der Waals surface area (Å²) in [5, 5.41) is 10.2. The summed E-state index contributed by atoms with van der Waals surface area (Å²) in [4.78, 5) is 34.9. The van der Waals surface area contributed by atoms with Gasteiger partial charge in [0.2, 0.25) is 11.9 Å². The van der Waals surface area contributed by atoms with Gasteiger partial charge in [0.25, 0.3) is 5.91 Å². The van der Waals surface area contributed by atoms with Gasteiger partial charge in [0.05, 0.1) is 19.9 Å². The molecular formula is C22H27N7O4. The first kappa shape index (κ1) is 23.5. The van der Waals surface area contributed by atoms with Gasteiger partial charge < -0.3 is 25.0 Å². The summed E-state index contributed by atoms with van der Waals surface area (Å²) in [6, 6.07) is 7.98. The summed E-state index contributed by atoms with van der Waals surface area (Å²) in [6.45, 7) is 1.63. The second-order valence-electron chi connectivity index (χ2n) is 7.46. The molecule has 0 bridgehead atoms. The monoisotopic (exact) mass is 453 g/mol. The van der Waals surface area contributed by atoms with E-state index in [4.69, 9.17) is 9.47 Å². The van der Waals surface area contributed by atoms with E-state index in [1.54, 1.807) is 78.8 Å². The normalized spacial score (nSPS) is 11.5. The summed E-state index contributed by atoms with van der Waals surface area (Å²) in [5.74, 6) is 0.969. The van der Waals surface area contributed by atoms with Crippen LogP contribution >= 0.6 is 0 Å². The zero-order chi connectivity index (χ0) is 24.1. The number of amides is 2. The molecule has 174 valence electrons. The lowest BCUT2D eigenvalue weighted by Crippen LogP contribution is -2.44. The third-order valence-electron chi connectivity index (χ3n) is 4.80. The van der Waals surface area contributed by atoms with Gasteiger partial charge in [-0.05, 0) is 19.1 Å². The topological polar surface area (TPSA) is 123 Å². The SMILES string of the molecule is COc1cc(Nc2nccc(-c3cc(C(=O)NC(C)C(=O)N(C)C)n(C)n3)n2)cc(OC)c1. The second-order valence-corrected chi connectivity index (χ2v) is 7.46. The van der Waals surface area contributed by atoms with Crippen LogP contribution in [0.2, 0.25) is 0 Å². The molecule has 1 unspecified atom stereocenters. The van der Waals surface area contributed by atoms with Gasteiger partial charge in [-0.3, -0.25) is 14.3 Å². The minimum absolute atomic E-state index is 0.202. The lowest BCUT2D eigenvalue weighted by atomic mass is 10.2. The quantitative estimate of drug-likeness (QED) is 0.530. The summed E-state index contributed by atoms with van der Waals surface area (Å²) in [6.07, 6.45) is 1.59. The molecule has 0 aliphatic carbocycles. The largest absolute Gasteiger partial charge is 0.497 e. The number of nitrogens with zero attached hydrogens (tertiary/aromatic N) is 5. The van der Waals surface area contributed by atoms with E-state index in [1.807, 2.05) is 0 Å². The molecule has 0 saturated carbocycles. The summed E-state index contributed by atoms with van der Waals surface area (Å²) in [5.41, 5.74) is 2.00. The Morgan fingerprint density at radius 3 is 2.33 bits per heavy atom.